The number of piperazine rings is 1. The van der Waals surface area contributed by atoms with Gasteiger partial charge in [-0.3, -0.25) is 0 Å². The molecule has 7 heteroatoms. The van der Waals surface area contributed by atoms with Crippen LogP contribution in [0.25, 0.3) is 0 Å². The predicted octanol–water partition coefficient (Wildman–Crippen LogP) is 5.27. The number of ether oxygens (including phenoxy) is 5. The van der Waals surface area contributed by atoms with E-state index in [0.717, 1.165) is 83.8 Å². The topological polar surface area (TPSA) is 52.6 Å². The highest BCUT2D eigenvalue weighted by molar-refractivity contribution is 5.78. The summed E-state index contributed by atoms with van der Waals surface area (Å²) in [6.45, 7) is 15.3. The average molecular weight is 485 g/mol. The summed E-state index contributed by atoms with van der Waals surface area (Å²) in [6.07, 6.45) is 0.938. The van der Waals surface area contributed by atoms with E-state index >= 15 is 0 Å². The Bertz CT molecular complexity index is 1030. The monoisotopic (exact) mass is 484 g/mol. The second kappa shape index (κ2) is 10.8. The van der Waals surface area contributed by atoms with Crippen LogP contribution < -0.4 is 33.5 Å². The summed E-state index contributed by atoms with van der Waals surface area (Å²) in [4.78, 5) is 4.85. The van der Waals surface area contributed by atoms with Crippen LogP contribution in [0.1, 0.15) is 51.7 Å². The van der Waals surface area contributed by atoms with Gasteiger partial charge in [0, 0.05) is 49.8 Å². The summed E-state index contributed by atoms with van der Waals surface area (Å²) in [5.41, 5.74) is 4.55. The lowest BCUT2D eigenvalue weighted by atomic mass is 9.93. The van der Waals surface area contributed by atoms with Crippen molar-refractivity contribution in [3.63, 3.8) is 0 Å². The van der Waals surface area contributed by atoms with Crippen molar-refractivity contribution in [2.24, 2.45) is 0 Å². The first-order valence-corrected chi connectivity index (χ1v) is 12.8. The first-order chi connectivity index (χ1) is 16.9. The molecule has 1 unspecified atom stereocenters. The number of hydrogen-bond donors (Lipinski definition) is 0. The molecule has 0 amide bonds. The molecule has 0 bridgehead atoms. The van der Waals surface area contributed by atoms with Crippen molar-refractivity contribution in [3.05, 3.63) is 29.3 Å². The molecule has 2 aromatic carbocycles. The summed E-state index contributed by atoms with van der Waals surface area (Å²) in [7, 11) is 3.46. The fraction of sp³-hybridized carbons (Fsp3) is 0.571. The first kappa shape index (κ1) is 25.1. The molecule has 192 valence electrons. The Morgan fingerprint density at radius 1 is 0.943 bits per heavy atom. The molecule has 0 radical (unpaired) electrons. The van der Waals surface area contributed by atoms with Crippen LogP contribution in [-0.2, 0) is 6.42 Å². The molecule has 4 rings (SSSR count). The Morgan fingerprint density at radius 2 is 1.63 bits per heavy atom. The quantitative estimate of drug-likeness (QED) is 0.480. The molecule has 0 saturated carbocycles. The van der Waals surface area contributed by atoms with Crippen LogP contribution in [-0.4, -0.2) is 59.7 Å². The molecule has 0 aromatic heterocycles. The van der Waals surface area contributed by atoms with Crippen LogP contribution in [0.5, 0.6) is 28.7 Å². The first-order valence-electron chi connectivity index (χ1n) is 12.8. The fourth-order valence-electron chi connectivity index (χ4n) is 5.27. The van der Waals surface area contributed by atoms with Crippen molar-refractivity contribution in [2.45, 2.75) is 53.1 Å². The van der Waals surface area contributed by atoms with Crippen molar-refractivity contribution in [1.29, 1.82) is 0 Å². The number of hydrogen-bond acceptors (Lipinski definition) is 7. The molecule has 2 aliphatic heterocycles. The van der Waals surface area contributed by atoms with Crippen molar-refractivity contribution >= 4 is 11.4 Å². The molecule has 0 aliphatic carbocycles. The van der Waals surface area contributed by atoms with Crippen LogP contribution >= 0.6 is 0 Å². The summed E-state index contributed by atoms with van der Waals surface area (Å²) >= 11 is 0. The molecule has 1 atom stereocenters. The molecule has 1 fully saturated rings. The van der Waals surface area contributed by atoms with Crippen molar-refractivity contribution in [1.82, 2.24) is 0 Å². The van der Waals surface area contributed by atoms with E-state index in [-0.39, 0.29) is 12.0 Å². The zero-order valence-corrected chi connectivity index (χ0v) is 22.3. The second-order valence-corrected chi connectivity index (χ2v) is 9.39. The number of benzene rings is 2. The molecule has 35 heavy (non-hydrogen) atoms. The van der Waals surface area contributed by atoms with Gasteiger partial charge in [-0.05, 0) is 38.8 Å². The predicted molar refractivity (Wildman–Crippen MR) is 141 cm³/mol. The Hall–Kier alpha value is -2.96. The van der Waals surface area contributed by atoms with Crippen LogP contribution in [0.3, 0.4) is 0 Å². The van der Waals surface area contributed by atoms with Gasteiger partial charge in [0.05, 0.1) is 38.8 Å². The number of anilines is 2. The van der Waals surface area contributed by atoms with Gasteiger partial charge in [0.25, 0.3) is 0 Å². The van der Waals surface area contributed by atoms with E-state index in [1.807, 2.05) is 26.0 Å². The molecule has 2 aromatic rings. The van der Waals surface area contributed by atoms with Crippen molar-refractivity contribution in [3.8, 4) is 28.7 Å². The van der Waals surface area contributed by atoms with Gasteiger partial charge in [0.2, 0.25) is 0 Å². The summed E-state index contributed by atoms with van der Waals surface area (Å²) < 4.78 is 29.9. The van der Waals surface area contributed by atoms with Gasteiger partial charge < -0.3 is 33.5 Å². The highest BCUT2D eigenvalue weighted by Gasteiger charge is 2.36. The van der Waals surface area contributed by atoms with E-state index in [4.69, 9.17) is 23.7 Å². The maximum absolute atomic E-state index is 6.33. The van der Waals surface area contributed by atoms with Crippen molar-refractivity contribution < 1.29 is 23.7 Å². The van der Waals surface area contributed by atoms with Gasteiger partial charge in [-0.15, -0.1) is 0 Å². The van der Waals surface area contributed by atoms with Gasteiger partial charge in [0.15, 0.2) is 11.5 Å². The zero-order valence-electron chi connectivity index (χ0n) is 22.3. The minimum Gasteiger partial charge on any atom is -0.494 e. The molecule has 2 aliphatic rings. The molecule has 0 N–H and O–H groups in total. The van der Waals surface area contributed by atoms with E-state index in [1.54, 1.807) is 14.2 Å². The average Bonchev–Trinajstić information content (AvgIpc) is 3.25. The third-order valence-corrected chi connectivity index (χ3v) is 6.75. The van der Waals surface area contributed by atoms with Crippen LogP contribution in [0.4, 0.5) is 11.4 Å². The molecular formula is C28H40N2O5. The third-order valence-electron chi connectivity index (χ3n) is 6.75. The standard InChI is InChI=1S/C28H40N2O5/c1-8-33-20-10-11-22(23(17-20)31-6)29-12-14-30(15-13-29)25-24(18(3)4)28(32-7)27-21(16-19(5)35-27)26(25)34-9-2/h10-11,17-19H,8-9,12-16H2,1-7H3. The molecule has 2 heterocycles. The molecular weight excluding hydrogens is 444 g/mol. The molecule has 1 saturated heterocycles. The SMILES string of the molecule is CCOc1ccc(N2CCN(c3c(OCC)c4c(c(OC)c3C(C)C)OC(C)C4)CC2)c(OC)c1. The summed E-state index contributed by atoms with van der Waals surface area (Å²) in [5, 5.41) is 0. The number of rotatable bonds is 9. The van der Waals surface area contributed by atoms with Gasteiger partial charge in [-0.25, -0.2) is 0 Å². The minimum absolute atomic E-state index is 0.109. The van der Waals surface area contributed by atoms with Gasteiger partial charge in [-0.2, -0.15) is 0 Å². The maximum atomic E-state index is 6.33. The van der Waals surface area contributed by atoms with Crippen molar-refractivity contribution in [2.75, 3.05) is 63.4 Å². The fourth-order valence-corrected chi connectivity index (χ4v) is 5.27. The summed E-state index contributed by atoms with van der Waals surface area (Å²) in [6, 6.07) is 6.09. The second-order valence-electron chi connectivity index (χ2n) is 9.39. The smallest absolute Gasteiger partial charge is 0.169 e. The number of methoxy groups -OCH3 is 2. The Kier molecular flexibility index (Phi) is 7.72. The van der Waals surface area contributed by atoms with Crippen LogP contribution in [0.15, 0.2) is 18.2 Å². The van der Waals surface area contributed by atoms with Gasteiger partial charge >= 0.3 is 0 Å². The summed E-state index contributed by atoms with van der Waals surface area (Å²) in [5.74, 6) is 4.60. The molecule has 7 nitrogen and oxygen atoms in total. The Morgan fingerprint density at radius 3 is 2.23 bits per heavy atom. The lowest BCUT2D eigenvalue weighted by molar-refractivity contribution is 0.242. The van der Waals surface area contributed by atoms with Gasteiger partial charge in [-0.1, -0.05) is 13.8 Å². The highest BCUT2D eigenvalue weighted by Crippen LogP contribution is 2.54. The minimum atomic E-state index is 0.109. The lowest BCUT2D eigenvalue weighted by Crippen LogP contribution is -2.47. The highest BCUT2D eigenvalue weighted by atomic mass is 16.5. The van der Waals surface area contributed by atoms with Crippen LogP contribution in [0, 0.1) is 0 Å². The van der Waals surface area contributed by atoms with E-state index in [9.17, 15) is 0 Å². The lowest BCUT2D eigenvalue weighted by Gasteiger charge is -2.40. The van der Waals surface area contributed by atoms with Gasteiger partial charge in [0.1, 0.15) is 23.4 Å². The Balaban J connectivity index is 1.68. The van der Waals surface area contributed by atoms with Crippen LogP contribution in [0.2, 0.25) is 0 Å². The van der Waals surface area contributed by atoms with E-state index in [0.29, 0.717) is 13.2 Å². The number of nitrogens with zero attached hydrogens (tertiary/aromatic N) is 2. The van der Waals surface area contributed by atoms with E-state index in [2.05, 4.69) is 36.6 Å². The molecule has 0 spiro atoms. The number of fused-ring (bicyclic) bond motifs is 1. The zero-order chi connectivity index (χ0) is 25.1. The maximum Gasteiger partial charge on any atom is 0.169 e. The third kappa shape index (κ3) is 4.78. The largest absolute Gasteiger partial charge is 0.494 e. The Labute approximate surface area is 209 Å². The van der Waals surface area contributed by atoms with E-state index < -0.39 is 0 Å². The van der Waals surface area contributed by atoms with E-state index in [1.165, 1.54) is 0 Å². The normalized spacial score (nSPS) is 17.3.